The molecule has 1 amide bonds. The van der Waals surface area contributed by atoms with Crippen molar-refractivity contribution in [3.63, 3.8) is 0 Å². The Hall–Kier alpha value is -2.89. The molecule has 1 aromatic heterocycles. The fraction of sp³-hybridized carbons (Fsp3) is 0.278. The second-order valence-electron chi connectivity index (χ2n) is 5.55. The zero-order valence-corrected chi connectivity index (χ0v) is 13.9. The monoisotopic (exact) mass is 328 g/mol. The molecule has 1 aromatic carbocycles. The van der Waals surface area contributed by atoms with Crippen LogP contribution >= 0.6 is 0 Å². The molecule has 0 bridgehead atoms. The molecule has 6 heteroatoms. The number of benzene rings is 1. The summed E-state index contributed by atoms with van der Waals surface area (Å²) in [4.78, 5) is 29.3. The molecular formula is C18H20N2O4. The highest BCUT2D eigenvalue weighted by Crippen LogP contribution is 2.30. The van der Waals surface area contributed by atoms with Gasteiger partial charge in [-0.15, -0.1) is 0 Å². The van der Waals surface area contributed by atoms with Gasteiger partial charge in [-0.25, -0.2) is 0 Å². The van der Waals surface area contributed by atoms with Crippen LogP contribution < -0.4 is 4.74 Å². The average molecular weight is 328 g/mol. The molecule has 0 saturated heterocycles. The molecule has 0 unspecified atom stereocenters. The quantitative estimate of drug-likeness (QED) is 0.882. The molecule has 0 aliphatic carbocycles. The first kappa shape index (κ1) is 17.5. The maximum Gasteiger partial charge on any atom is 0.323 e. The number of pyridine rings is 1. The van der Waals surface area contributed by atoms with Gasteiger partial charge in [-0.2, -0.15) is 0 Å². The predicted molar refractivity (Wildman–Crippen MR) is 90.0 cm³/mol. The van der Waals surface area contributed by atoms with Gasteiger partial charge in [0.2, 0.25) is 0 Å². The molecule has 2 rings (SSSR count). The maximum absolute atomic E-state index is 12.7. The SMILES string of the molecule is COc1ccc(C(=O)N(CC(=O)O)C(C)C)cc1-c1ccccn1. The zero-order valence-electron chi connectivity index (χ0n) is 13.9. The summed E-state index contributed by atoms with van der Waals surface area (Å²) >= 11 is 0. The Balaban J connectivity index is 2.44. The number of rotatable bonds is 6. The van der Waals surface area contributed by atoms with E-state index in [0.29, 0.717) is 22.6 Å². The lowest BCUT2D eigenvalue weighted by Gasteiger charge is -2.25. The van der Waals surface area contributed by atoms with E-state index < -0.39 is 5.97 Å². The third-order valence-electron chi connectivity index (χ3n) is 3.58. The van der Waals surface area contributed by atoms with Crippen LogP contribution in [0.15, 0.2) is 42.6 Å². The van der Waals surface area contributed by atoms with Crippen molar-refractivity contribution in [3.8, 4) is 17.0 Å². The van der Waals surface area contributed by atoms with Gasteiger partial charge in [-0.3, -0.25) is 14.6 Å². The molecule has 1 N–H and O–H groups in total. The summed E-state index contributed by atoms with van der Waals surface area (Å²) in [5.74, 6) is -0.790. The van der Waals surface area contributed by atoms with E-state index in [4.69, 9.17) is 9.84 Å². The third kappa shape index (κ3) is 3.90. The molecule has 24 heavy (non-hydrogen) atoms. The van der Waals surface area contributed by atoms with Crippen LogP contribution in [0.5, 0.6) is 5.75 Å². The first-order valence-corrected chi connectivity index (χ1v) is 7.56. The highest BCUT2D eigenvalue weighted by atomic mass is 16.5. The topological polar surface area (TPSA) is 79.7 Å². The lowest BCUT2D eigenvalue weighted by molar-refractivity contribution is -0.138. The average Bonchev–Trinajstić information content (AvgIpc) is 2.59. The van der Waals surface area contributed by atoms with Crippen molar-refractivity contribution >= 4 is 11.9 Å². The summed E-state index contributed by atoms with van der Waals surface area (Å²) in [6, 6.07) is 10.2. The Morgan fingerprint density at radius 1 is 1.25 bits per heavy atom. The lowest BCUT2D eigenvalue weighted by Crippen LogP contribution is -2.40. The van der Waals surface area contributed by atoms with E-state index in [2.05, 4.69) is 4.98 Å². The highest BCUT2D eigenvalue weighted by Gasteiger charge is 2.22. The van der Waals surface area contributed by atoms with Gasteiger partial charge < -0.3 is 14.7 Å². The first-order chi connectivity index (χ1) is 11.4. The number of aliphatic carboxylic acids is 1. The molecule has 0 aliphatic heterocycles. The number of amides is 1. The largest absolute Gasteiger partial charge is 0.496 e. The molecule has 0 fully saturated rings. The van der Waals surface area contributed by atoms with Crippen molar-refractivity contribution in [3.05, 3.63) is 48.2 Å². The summed E-state index contributed by atoms with van der Waals surface area (Å²) in [5, 5.41) is 9.02. The van der Waals surface area contributed by atoms with E-state index in [-0.39, 0.29) is 18.5 Å². The van der Waals surface area contributed by atoms with Crippen LogP contribution in [0.3, 0.4) is 0 Å². The first-order valence-electron chi connectivity index (χ1n) is 7.56. The number of carbonyl (C=O) groups is 2. The van der Waals surface area contributed by atoms with E-state index in [1.807, 2.05) is 12.1 Å². The minimum absolute atomic E-state index is 0.228. The molecule has 0 aliphatic rings. The van der Waals surface area contributed by atoms with Gasteiger partial charge in [0.15, 0.2) is 0 Å². The minimum Gasteiger partial charge on any atom is -0.496 e. The number of carboxylic acid groups (broad SMARTS) is 1. The zero-order chi connectivity index (χ0) is 17.7. The number of hydrogen-bond acceptors (Lipinski definition) is 4. The van der Waals surface area contributed by atoms with Crippen LogP contribution in [0, 0.1) is 0 Å². The second-order valence-corrected chi connectivity index (χ2v) is 5.55. The van der Waals surface area contributed by atoms with Crippen molar-refractivity contribution in [2.45, 2.75) is 19.9 Å². The van der Waals surface area contributed by atoms with Gasteiger partial charge in [0, 0.05) is 23.4 Å². The van der Waals surface area contributed by atoms with Crippen LogP contribution in [-0.2, 0) is 4.79 Å². The Morgan fingerprint density at radius 3 is 2.54 bits per heavy atom. The Bertz CT molecular complexity index is 729. The highest BCUT2D eigenvalue weighted by molar-refractivity contribution is 5.97. The molecule has 126 valence electrons. The lowest BCUT2D eigenvalue weighted by atomic mass is 10.0. The van der Waals surface area contributed by atoms with E-state index >= 15 is 0 Å². The van der Waals surface area contributed by atoms with Crippen molar-refractivity contribution in [2.75, 3.05) is 13.7 Å². The fourth-order valence-electron chi connectivity index (χ4n) is 2.36. The van der Waals surface area contributed by atoms with Gasteiger partial charge >= 0.3 is 5.97 Å². The number of methoxy groups -OCH3 is 1. The molecule has 0 saturated carbocycles. The number of carbonyl (C=O) groups excluding carboxylic acids is 1. The molecule has 0 radical (unpaired) electrons. The fourth-order valence-corrected chi connectivity index (χ4v) is 2.36. The Labute approximate surface area is 140 Å². The summed E-state index contributed by atoms with van der Waals surface area (Å²) in [6.45, 7) is 3.22. The Kier molecular flexibility index (Phi) is 5.52. The number of hydrogen-bond donors (Lipinski definition) is 1. The second kappa shape index (κ2) is 7.59. The van der Waals surface area contributed by atoms with Gasteiger partial charge in [0.25, 0.3) is 5.91 Å². The molecular weight excluding hydrogens is 308 g/mol. The molecule has 2 aromatic rings. The van der Waals surface area contributed by atoms with Crippen LogP contribution in [0.25, 0.3) is 11.3 Å². The van der Waals surface area contributed by atoms with Crippen molar-refractivity contribution in [2.24, 2.45) is 0 Å². The van der Waals surface area contributed by atoms with E-state index in [9.17, 15) is 9.59 Å². The third-order valence-corrected chi connectivity index (χ3v) is 3.58. The smallest absolute Gasteiger partial charge is 0.323 e. The minimum atomic E-state index is -1.05. The summed E-state index contributed by atoms with van der Waals surface area (Å²) in [5.41, 5.74) is 1.76. The number of ether oxygens (including phenoxy) is 1. The van der Waals surface area contributed by atoms with Crippen molar-refractivity contribution in [1.82, 2.24) is 9.88 Å². The van der Waals surface area contributed by atoms with Crippen molar-refractivity contribution in [1.29, 1.82) is 0 Å². The number of aromatic nitrogens is 1. The molecule has 0 atom stereocenters. The van der Waals surface area contributed by atoms with E-state index in [0.717, 1.165) is 0 Å². The normalized spacial score (nSPS) is 10.5. The maximum atomic E-state index is 12.7. The summed E-state index contributed by atoms with van der Waals surface area (Å²) in [6.07, 6.45) is 1.66. The number of carboxylic acids is 1. The van der Waals surface area contributed by atoms with Gasteiger partial charge in [-0.1, -0.05) is 6.07 Å². The predicted octanol–water partition coefficient (Wildman–Crippen LogP) is 2.69. The number of nitrogens with zero attached hydrogens (tertiary/aromatic N) is 2. The Morgan fingerprint density at radius 2 is 2.00 bits per heavy atom. The van der Waals surface area contributed by atoms with Gasteiger partial charge in [0.05, 0.1) is 12.8 Å². The van der Waals surface area contributed by atoms with Crippen LogP contribution in [0.1, 0.15) is 24.2 Å². The van der Waals surface area contributed by atoms with Gasteiger partial charge in [-0.05, 0) is 44.2 Å². The van der Waals surface area contributed by atoms with Crippen LogP contribution in [-0.4, -0.2) is 46.6 Å². The summed E-state index contributed by atoms with van der Waals surface area (Å²) < 4.78 is 5.35. The van der Waals surface area contributed by atoms with Crippen molar-refractivity contribution < 1.29 is 19.4 Å². The van der Waals surface area contributed by atoms with Crippen LogP contribution in [0.4, 0.5) is 0 Å². The van der Waals surface area contributed by atoms with Gasteiger partial charge in [0.1, 0.15) is 12.3 Å². The van der Waals surface area contributed by atoms with Crippen LogP contribution in [0.2, 0.25) is 0 Å². The molecule has 6 nitrogen and oxygen atoms in total. The van der Waals surface area contributed by atoms with E-state index in [1.165, 1.54) is 4.90 Å². The molecule has 0 spiro atoms. The standard InChI is InChI=1S/C18H20N2O4/c1-12(2)20(11-17(21)22)18(23)13-7-8-16(24-3)14(10-13)15-6-4-5-9-19-15/h4-10,12H,11H2,1-3H3,(H,21,22). The summed E-state index contributed by atoms with van der Waals surface area (Å²) in [7, 11) is 1.55. The van der Waals surface area contributed by atoms with E-state index in [1.54, 1.807) is 51.4 Å². The molecule has 1 heterocycles.